The van der Waals surface area contributed by atoms with E-state index in [1.54, 1.807) is 6.08 Å². The minimum atomic E-state index is -1.59. The van der Waals surface area contributed by atoms with Crippen LogP contribution >= 0.6 is 0 Å². The van der Waals surface area contributed by atoms with Gasteiger partial charge in [-0.1, -0.05) is 261 Å². The van der Waals surface area contributed by atoms with E-state index in [9.17, 15) is 30.3 Å². The average molecular weight is 1140 g/mol. The zero-order valence-electron chi connectivity index (χ0n) is 51.4. The molecule has 0 aromatic carbocycles. The number of carbonyl (C=O) groups excluding carboxylic acids is 1. The normalized spacial score (nSPS) is 19.5. The van der Waals surface area contributed by atoms with Crippen LogP contribution in [0.5, 0.6) is 0 Å². The van der Waals surface area contributed by atoms with Gasteiger partial charge in [0.25, 0.3) is 0 Å². The Bertz CT molecular complexity index is 1890. The fraction of sp³-hybridized carbons (Fsp3) is 0.603. The zero-order chi connectivity index (χ0) is 59.3. The quantitative estimate of drug-likeness (QED) is 0.0261. The summed E-state index contributed by atoms with van der Waals surface area (Å²) in [4.78, 5) is 13.1. The van der Waals surface area contributed by atoms with Crippen molar-refractivity contribution >= 4 is 5.91 Å². The molecule has 1 fully saturated rings. The molecule has 1 rings (SSSR count). The molecular formula is C73H117NO8. The highest BCUT2D eigenvalue weighted by Crippen LogP contribution is 2.23. The van der Waals surface area contributed by atoms with Crippen LogP contribution in [0.1, 0.15) is 226 Å². The fourth-order valence-electron chi connectivity index (χ4n) is 8.96. The molecule has 0 saturated carbocycles. The Morgan fingerprint density at radius 1 is 0.427 bits per heavy atom. The fourth-order valence-corrected chi connectivity index (χ4v) is 8.96. The van der Waals surface area contributed by atoms with Gasteiger partial charge >= 0.3 is 0 Å². The van der Waals surface area contributed by atoms with E-state index in [0.29, 0.717) is 6.42 Å². The lowest BCUT2D eigenvalue weighted by Crippen LogP contribution is -2.60. The van der Waals surface area contributed by atoms with E-state index in [1.807, 2.05) is 6.08 Å². The van der Waals surface area contributed by atoms with Crippen molar-refractivity contribution in [1.29, 1.82) is 0 Å². The van der Waals surface area contributed by atoms with Crippen LogP contribution in [-0.4, -0.2) is 87.5 Å². The molecule has 6 N–H and O–H groups in total. The predicted molar refractivity (Wildman–Crippen MR) is 349 cm³/mol. The molecule has 1 aliphatic rings. The van der Waals surface area contributed by atoms with Gasteiger partial charge < -0.3 is 40.3 Å². The predicted octanol–water partition coefficient (Wildman–Crippen LogP) is 17.3. The first-order valence-electron chi connectivity index (χ1n) is 32.4. The zero-order valence-corrected chi connectivity index (χ0v) is 51.4. The molecule has 0 aromatic heterocycles. The van der Waals surface area contributed by atoms with Gasteiger partial charge in [0.15, 0.2) is 6.29 Å². The number of aliphatic hydroxyl groups is 5. The van der Waals surface area contributed by atoms with Crippen LogP contribution in [-0.2, 0) is 14.3 Å². The van der Waals surface area contributed by atoms with E-state index < -0.39 is 49.5 Å². The summed E-state index contributed by atoms with van der Waals surface area (Å²) in [5.41, 5.74) is 0. The number of nitrogens with one attached hydrogen (secondary N) is 1. The molecule has 0 aromatic rings. The highest BCUT2D eigenvalue weighted by Gasteiger charge is 2.44. The molecule has 0 spiro atoms. The Kier molecular flexibility index (Phi) is 55.0. The number of ether oxygens (including phenoxy) is 2. The smallest absolute Gasteiger partial charge is 0.220 e. The van der Waals surface area contributed by atoms with Crippen molar-refractivity contribution in [2.45, 2.75) is 269 Å². The van der Waals surface area contributed by atoms with Gasteiger partial charge in [-0.2, -0.15) is 0 Å². The monoisotopic (exact) mass is 1140 g/mol. The number of aliphatic hydroxyl groups excluding tert-OH is 5. The number of carbonyl (C=O) groups is 1. The first-order chi connectivity index (χ1) is 40.3. The molecule has 1 saturated heterocycles. The molecular weight excluding hydrogens is 1020 g/mol. The average Bonchev–Trinajstić information content (AvgIpc) is 3.57. The van der Waals surface area contributed by atoms with Crippen molar-refractivity contribution in [3.63, 3.8) is 0 Å². The molecule has 9 heteroatoms. The molecule has 462 valence electrons. The van der Waals surface area contributed by atoms with Gasteiger partial charge in [-0.15, -0.1) is 0 Å². The maximum absolute atomic E-state index is 13.1. The van der Waals surface area contributed by atoms with Gasteiger partial charge in [0, 0.05) is 6.42 Å². The number of unbranched alkanes of at least 4 members (excludes halogenated alkanes) is 17. The van der Waals surface area contributed by atoms with Crippen LogP contribution in [0, 0.1) is 0 Å². The summed E-state index contributed by atoms with van der Waals surface area (Å²) in [5, 5.41) is 54.5. The second-order valence-electron chi connectivity index (χ2n) is 21.4. The Hall–Kier alpha value is -4.45. The van der Waals surface area contributed by atoms with Gasteiger partial charge in [0.2, 0.25) is 5.91 Å². The second-order valence-corrected chi connectivity index (χ2v) is 21.4. The first-order valence-corrected chi connectivity index (χ1v) is 32.4. The molecule has 82 heavy (non-hydrogen) atoms. The molecule has 7 atom stereocenters. The van der Waals surface area contributed by atoms with Crippen molar-refractivity contribution in [2.24, 2.45) is 0 Å². The van der Waals surface area contributed by atoms with Crippen molar-refractivity contribution in [3.8, 4) is 0 Å². The molecule has 1 amide bonds. The van der Waals surface area contributed by atoms with E-state index in [0.717, 1.165) is 135 Å². The Morgan fingerprint density at radius 2 is 0.768 bits per heavy atom. The number of hydrogen-bond acceptors (Lipinski definition) is 8. The van der Waals surface area contributed by atoms with Gasteiger partial charge in [0.05, 0.1) is 25.4 Å². The summed E-state index contributed by atoms with van der Waals surface area (Å²) in [6, 6.07) is -0.847. The van der Waals surface area contributed by atoms with Gasteiger partial charge in [-0.3, -0.25) is 4.79 Å². The van der Waals surface area contributed by atoms with Crippen molar-refractivity contribution in [3.05, 3.63) is 170 Å². The number of hydrogen-bond donors (Lipinski definition) is 6. The van der Waals surface area contributed by atoms with E-state index in [4.69, 9.17) is 9.47 Å². The van der Waals surface area contributed by atoms with E-state index in [2.05, 4.69) is 177 Å². The van der Waals surface area contributed by atoms with Crippen LogP contribution in [0.15, 0.2) is 170 Å². The molecule has 0 radical (unpaired) electrons. The SMILES string of the molecule is CC/C=C\C/C=C\C/C=C\C/C=C\C/C=C\C/C=C\C/C=C\C/C=C\C/C=C\C/C=C\C/C=C\CCCCCCCCCC(=O)NC(COC1OC(CO)C(O)C(O)C1O)C(O)/C=C/CC/C=C/CC/C=C/CCCCCCCCCC. The summed E-state index contributed by atoms with van der Waals surface area (Å²) in [6.07, 6.45) is 88.6. The topological polar surface area (TPSA) is 149 Å². The van der Waals surface area contributed by atoms with Crippen LogP contribution in [0.3, 0.4) is 0 Å². The lowest BCUT2D eigenvalue weighted by Gasteiger charge is -2.40. The van der Waals surface area contributed by atoms with Gasteiger partial charge in [-0.25, -0.2) is 0 Å². The summed E-state index contributed by atoms with van der Waals surface area (Å²) < 4.78 is 11.3. The Labute approximate surface area is 500 Å². The van der Waals surface area contributed by atoms with Gasteiger partial charge in [-0.05, 0) is 128 Å². The lowest BCUT2D eigenvalue weighted by molar-refractivity contribution is -0.302. The number of allylic oxidation sites excluding steroid dienone is 27. The molecule has 0 aliphatic carbocycles. The third-order valence-corrected chi connectivity index (χ3v) is 14.0. The minimum Gasteiger partial charge on any atom is -0.394 e. The van der Waals surface area contributed by atoms with Crippen LogP contribution in [0.25, 0.3) is 0 Å². The second kappa shape index (κ2) is 59.7. The standard InChI is InChI=1S/C73H117NO8/c1-3-5-7-9-11-13-15-17-19-21-23-24-25-26-27-28-29-30-31-32-33-34-35-36-37-38-39-40-41-42-43-44-45-47-49-51-53-55-57-59-61-63-69(77)74-66(65-81-73-72(80)71(79)70(78)68(64-75)82-73)67(76)62-60-58-56-54-52-50-48-46-22-20-18-16-14-12-10-8-6-4-2/h5,7,11,13,17,19,22-24,26-27,29-30,32-33,35-36,38-39,41-42,44-46,52,54,60,62,66-68,70-73,75-76,78-80H,3-4,6,8-10,12,14-16,18,20-21,25,28,31,34,37,40,43,47-51,53,55-59,61,63-65H2,1-2H3,(H,74,77)/b7-5-,13-11-,19-17-,24-23-,27-26-,30-29-,33-32-,36-35-,39-38-,42-41-,45-44-,46-22+,54-52+,62-60+. The molecule has 9 nitrogen and oxygen atoms in total. The summed E-state index contributed by atoms with van der Waals surface area (Å²) in [7, 11) is 0. The molecule has 0 bridgehead atoms. The van der Waals surface area contributed by atoms with E-state index in [-0.39, 0.29) is 12.5 Å². The van der Waals surface area contributed by atoms with E-state index in [1.165, 1.54) is 70.6 Å². The van der Waals surface area contributed by atoms with Crippen LogP contribution in [0.4, 0.5) is 0 Å². The largest absolute Gasteiger partial charge is 0.394 e. The first kappa shape index (κ1) is 75.6. The van der Waals surface area contributed by atoms with Crippen molar-refractivity contribution in [1.82, 2.24) is 5.32 Å². The lowest BCUT2D eigenvalue weighted by atomic mass is 9.99. The summed E-state index contributed by atoms with van der Waals surface area (Å²) in [5.74, 6) is -0.209. The summed E-state index contributed by atoms with van der Waals surface area (Å²) in [6.45, 7) is 3.62. The minimum absolute atomic E-state index is 0.209. The molecule has 1 heterocycles. The highest BCUT2D eigenvalue weighted by molar-refractivity contribution is 5.76. The molecule has 7 unspecified atom stereocenters. The summed E-state index contributed by atoms with van der Waals surface area (Å²) >= 11 is 0. The Morgan fingerprint density at radius 3 is 1.17 bits per heavy atom. The molecule has 1 aliphatic heterocycles. The number of rotatable bonds is 53. The third kappa shape index (κ3) is 48.0. The Balaban J connectivity index is 2.20. The van der Waals surface area contributed by atoms with Gasteiger partial charge in [0.1, 0.15) is 24.4 Å². The third-order valence-electron chi connectivity index (χ3n) is 14.0. The number of amides is 1. The maximum atomic E-state index is 13.1. The van der Waals surface area contributed by atoms with Crippen molar-refractivity contribution in [2.75, 3.05) is 13.2 Å². The maximum Gasteiger partial charge on any atom is 0.220 e. The highest BCUT2D eigenvalue weighted by atomic mass is 16.7. The van der Waals surface area contributed by atoms with Crippen LogP contribution < -0.4 is 5.32 Å². The van der Waals surface area contributed by atoms with Crippen molar-refractivity contribution < 1.29 is 39.8 Å². The van der Waals surface area contributed by atoms with Crippen LogP contribution in [0.2, 0.25) is 0 Å². The van der Waals surface area contributed by atoms with E-state index >= 15 is 0 Å².